The molecule has 0 aromatic carbocycles. The van der Waals surface area contributed by atoms with Gasteiger partial charge in [0.15, 0.2) is 0 Å². The van der Waals surface area contributed by atoms with Crippen molar-refractivity contribution in [2.45, 2.75) is 40.2 Å². The summed E-state index contributed by atoms with van der Waals surface area (Å²) in [5.41, 5.74) is 0.453. The summed E-state index contributed by atoms with van der Waals surface area (Å²) in [4.78, 5) is 37.9. The summed E-state index contributed by atoms with van der Waals surface area (Å²) in [5, 5.41) is 6.18. The first-order valence-corrected chi connectivity index (χ1v) is 8.90. The molecule has 1 heterocycles. The van der Waals surface area contributed by atoms with Crippen molar-refractivity contribution in [3.05, 3.63) is 16.5 Å². The van der Waals surface area contributed by atoms with E-state index in [4.69, 9.17) is 4.74 Å². The Morgan fingerprint density at radius 2 is 1.80 bits per heavy atom. The maximum atomic E-state index is 12.1. The number of aryl methyl sites for hydroxylation is 1. The zero-order valence-electron chi connectivity index (χ0n) is 15.7. The number of carbonyl (C=O) groups excluding carboxylic acids is 3. The van der Waals surface area contributed by atoms with Gasteiger partial charge in [0.05, 0.1) is 24.7 Å². The first-order chi connectivity index (χ1) is 11.5. The number of likely N-dealkylation sites (N-methyl/N-ethyl adjacent to an activating group) is 1. The van der Waals surface area contributed by atoms with E-state index in [0.717, 1.165) is 5.56 Å². The van der Waals surface area contributed by atoms with Gasteiger partial charge in [-0.1, -0.05) is 0 Å². The summed E-state index contributed by atoms with van der Waals surface area (Å²) >= 11 is 1.18. The van der Waals surface area contributed by atoms with Crippen molar-refractivity contribution >= 4 is 34.1 Å². The minimum atomic E-state index is -0.388. The van der Waals surface area contributed by atoms with Crippen molar-refractivity contribution in [1.29, 1.82) is 0 Å². The summed E-state index contributed by atoms with van der Waals surface area (Å²) in [6.45, 7) is 9.74. The summed E-state index contributed by atoms with van der Waals surface area (Å²) in [5.74, 6) is -0.774. The van der Waals surface area contributed by atoms with Crippen molar-refractivity contribution in [3.63, 3.8) is 0 Å². The van der Waals surface area contributed by atoms with Gasteiger partial charge in [-0.15, -0.1) is 11.3 Å². The van der Waals surface area contributed by atoms with Crippen LogP contribution in [0.1, 0.15) is 42.9 Å². The monoisotopic (exact) mass is 369 g/mol. The number of hydrogen-bond donors (Lipinski definition) is 2. The number of amides is 2. The van der Waals surface area contributed by atoms with Crippen LogP contribution in [-0.4, -0.2) is 55.0 Å². The van der Waals surface area contributed by atoms with Crippen LogP contribution >= 0.6 is 11.3 Å². The van der Waals surface area contributed by atoms with Crippen LogP contribution in [0.25, 0.3) is 0 Å². The fourth-order valence-electron chi connectivity index (χ4n) is 2.12. The number of anilines is 1. The molecule has 0 saturated carbocycles. The Balaban J connectivity index is 2.55. The Morgan fingerprint density at radius 1 is 1.20 bits per heavy atom. The maximum absolute atomic E-state index is 12.1. The van der Waals surface area contributed by atoms with Gasteiger partial charge < -0.3 is 15.4 Å². The Morgan fingerprint density at radius 3 is 2.36 bits per heavy atom. The first kappa shape index (κ1) is 21.1. The normalized spacial score (nSPS) is 11.3. The standard InChI is InChI=1S/C17H27N3O4S/c1-7-24-16(23)15-11(2)8-14(25-15)18-12(21)9-20(6)10-13(22)19-17(3,4)5/h8H,7,9-10H2,1-6H3,(H,18,21)(H,19,22). The highest BCUT2D eigenvalue weighted by molar-refractivity contribution is 7.18. The van der Waals surface area contributed by atoms with E-state index in [-0.39, 0.29) is 36.4 Å². The molecule has 1 aromatic heterocycles. The quantitative estimate of drug-likeness (QED) is 0.718. The van der Waals surface area contributed by atoms with E-state index in [9.17, 15) is 14.4 Å². The number of esters is 1. The minimum Gasteiger partial charge on any atom is -0.462 e. The van der Waals surface area contributed by atoms with Crippen LogP contribution in [0.2, 0.25) is 0 Å². The van der Waals surface area contributed by atoms with Crippen molar-refractivity contribution in [2.24, 2.45) is 0 Å². The Labute approximate surface area is 152 Å². The van der Waals surface area contributed by atoms with Gasteiger partial charge in [0.25, 0.3) is 0 Å². The van der Waals surface area contributed by atoms with Gasteiger partial charge in [-0.25, -0.2) is 4.79 Å². The molecule has 2 N–H and O–H groups in total. The molecule has 140 valence electrons. The Kier molecular flexibility index (Phi) is 7.57. The number of nitrogens with one attached hydrogen (secondary N) is 2. The molecule has 0 bridgehead atoms. The second-order valence-electron chi connectivity index (χ2n) is 6.86. The van der Waals surface area contributed by atoms with Crippen LogP contribution in [0.15, 0.2) is 6.07 Å². The van der Waals surface area contributed by atoms with Crippen molar-refractivity contribution in [3.8, 4) is 0 Å². The topological polar surface area (TPSA) is 87.7 Å². The van der Waals surface area contributed by atoms with Gasteiger partial charge in [0.2, 0.25) is 11.8 Å². The molecule has 7 nitrogen and oxygen atoms in total. The van der Waals surface area contributed by atoms with Gasteiger partial charge in [-0.05, 0) is 53.3 Å². The van der Waals surface area contributed by atoms with E-state index in [1.807, 2.05) is 20.8 Å². The lowest BCUT2D eigenvalue weighted by atomic mass is 10.1. The maximum Gasteiger partial charge on any atom is 0.348 e. The first-order valence-electron chi connectivity index (χ1n) is 8.08. The van der Waals surface area contributed by atoms with Crippen LogP contribution in [0.4, 0.5) is 5.00 Å². The number of rotatable bonds is 7. The van der Waals surface area contributed by atoms with Crippen LogP contribution in [0.3, 0.4) is 0 Å². The molecule has 0 unspecified atom stereocenters. The summed E-state index contributed by atoms with van der Waals surface area (Å²) in [6.07, 6.45) is 0. The van der Waals surface area contributed by atoms with Crippen molar-refractivity contribution < 1.29 is 19.1 Å². The average molecular weight is 369 g/mol. The van der Waals surface area contributed by atoms with Gasteiger partial charge in [-0.2, -0.15) is 0 Å². The molecule has 25 heavy (non-hydrogen) atoms. The smallest absolute Gasteiger partial charge is 0.348 e. The van der Waals surface area contributed by atoms with Crippen LogP contribution in [0.5, 0.6) is 0 Å². The molecule has 1 rings (SSSR count). The van der Waals surface area contributed by atoms with E-state index in [1.54, 1.807) is 31.9 Å². The van der Waals surface area contributed by atoms with E-state index >= 15 is 0 Å². The molecule has 0 saturated heterocycles. The third-order valence-corrected chi connectivity index (χ3v) is 4.12. The summed E-state index contributed by atoms with van der Waals surface area (Å²) in [7, 11) is 1.70. The van der Waals surface area contributed by atoms with Gasteiger partial charge in [0, 0.05) is 5.54 Å². The van der Waals surface area contributed by atoms with Gasteiger partial charge in [-0.3, -0.25) is 14.5 Å². The highest BCUT2D eigenvalue weighted by atomic mass is 32.1. The summed E-state index contributed by atoms with van der Waals surface area (Å²) in [6, 6.07) is 1.74. The molecule has 0 spiro atoms. The molecular weight excluding hydrogens is 342 g/mol. The number of thiophene rings is 1. The molecule has 0 aliphatic rings. The Hall–Kier alpha value is -1.93. The molecule has 0 aliphatic heterocycles. The van der Waals surface area contributed by atoms with Gasteiger partial charge in [0.1, 0.15) is 4.88 Å². The van der Waals surface area contributed by atoms with E-state index < -0.39 is 0 Å². The fraction of sp³-hybridized carbons (Fsp3) is 0.588. The third kappa shape index (κ3) is 7.66. The number of nitrogens with zero attached hydrogens (tertiary/aromatic N) is 1. The number of carbonyl (C=O) groups is 3. The molecule has 2 amide bonds. The molecule has 0 radical (unpaired) electrons. The molecule has 8 heteroatoms. The lowest BCUT2D eigenvalue weighted by Gasteiger charge is -2.23. The summed E-state index contributed by atoms with van der Waals surface area (Å²) < 4.78 is 4.98. The highest BCUT2D eigenvalue weighted by Gasteiger charge is 2.18. The lowest BCUT2D eigenvalue weighted by molar-refractivity contribution is -0.124. The predicted octanol–water partition coefficient (Wildman–Crippen LogP) is 2.02. The molecule has 1 aromatic rings. The van der Waals surface area contributed by atoms with E-state index in [0.29, 0.717) is 16.5 Å². The van der Waals surface area contributed by atoms with E-state index in [2.05, 4.69) is 10.6 Å². The molecule has 0 atom stereocenters. The molecular formula is C17H27N3O4S. The average Bonchev–Trinajstić information content (AvgIpc) is 2.76. The predicted molar refractivity (Wildman–Crippen MR) is 99.0 cm³/mol. The van der Waals surface area contributed by atoms with E-state index in [1.165, 1.54) is 11.3 Å². The van der Waals surface area contributed by atoms with Crippen molar-refractivity contribution in [2.75, 3.05) is 32.1 Å². The minimum absolute atomic E-state index is 0.0727. The zero-order valence-corrected chi connectivity index (χ0v) is 16.5. The lowest BCUT2D eigenvalue weighted by Crippen LogP contribution is -2.46. The second kappa shape index (κ2) is 8.96. The van der Waals surface area contributed by atoms with Crippen LogP contribution in [0, 0.1) is 6.92 Å². The Bertz CT molecular complexity index is 634. The number of hydrogen-bond acceptors (Lipinski definition) is 6. The van der Waals surface area contributed by atoms with Crippen molar-refractivity contribution in [1.82, 2.24) is 10.2 Å². The van der Waals surface area contributed by atoms with Crippen LogP contribution in [-0.2, 0) is 14.3 Å². The fourth-order valence-corrected chi connectivity index (χ4v) is 3.11. The largest absolute Gasteiger partial charge is 0.462 e. The second-order valence-corrected chi connectivity index (χ2v) is 7.91. The zero-order chi connectivity index (χ0) is 19.2. The number of ether oxygens (including phenoxy) is 1. The highest BCUT2D eigenvalue weighted by Crippen LogP contribution is 2.27. The molecule has 0 fully saturated rings. The third-order valence-electron chi connectivity index (χ3n) is 2.98. The van der Waals surface area contributed by atoms with Gasteiger partial charge >= 0.3 is 5.97 Å². The van der Waals surface area contributed by atoms with Crippen LogP contribution < -0.4 is 10.6 Å². The SMILES string of the molecule is CCOC(=O)c1sc(NC(=O)CN(C)CC(=O)NC(C)(C)C)cc1C. The molecule has 0 aliphatic carbocycles.